The number of hydrogen-bond donors (Lipinski definition) is 1. The predicted octanol–water partition coefficient (Wildman–Crippen LogP) is 3.04. The molecule has 1 atom stereocenters. The Morgan fingerprint density at radius 3 is 2.53 bits per heavy atom. The molecule has 2 rings (SSSR count). The number of hydrogen-bond acceptors (Lipinski definition) is 2. The van der Waals surface area contributed by atoms with Crippen molar-refractivity contribution >= 4 is 0 Å². The maximum Gasteiger partial charge on any atom is 0.0177 e. The van der Waals surface area contributed by atoms with Crippen LogP contribution in [-0.4, -0.2) is 37.6 Å². The molecule has 19 heavy (non-hydrogen) atoms. The molecular formula is C17H28N2. The molecule has 1 saturated carbocycles. The molecule has 0 aliphatic heterocycles. The van der Waals surface area contributed by atoms with Crippen LogP contribution in [0.4, 0.5) is 0 Å². The lowest BCUT2D eigenvalue weighted by atomic mass is 9.81. The van der Waals surface area contributed by atoms with Crippen molar-refractivity contribution in [2.45, 2.75) is 44.6 Å². The van der Waals surface area contributed by atoms with Crippen molar-refractivity contribution in [1.82, 2.24) is 10.2 Å². The van der Waals surface area contributed by atoms with Gasteiger partial charge in [-0.3, -0.25) is 0 Å². The second kappa shape index (κ2) is 6.53. The Hall–Kier alpha value is -0.860. The highest BCUT2D eigenvalue weighted by Crippen LogP contribution is 2.26. The molecule has 2 heteroatoms. The normalized spacial score (nSPS) is 18.5. The third kappa shape index (κ3) is 4.32. The van der Waals surface area contributed by atoms with E-state index in [1.54, 1.807) is 0 Å². The summed E-state index contributed by atoms with van der Waals surface area (Å²) in [7, 11) is 2.24. The summed E-state index contributed by atoms with van der Waals surface area (Å²) in [6.45, 7) is 8.01. The minimum atomic E-state index is 0.202. The van der Waals surface area contributed by atoms with E-state index >= 15 is 0 Å². The average molecular weight is 260 g/mol. The van der Waals surface area contributed by atoms with Gasteiger partial charge in [-0.05, 0) is 38.4 Å². The number of nitrogens with zero attached hydrogens (tertiary/aromatic N) is 1. The molecule has 1 N–H and O–H groups in total. The van der Waals surface area contributed by atoms with Gasteiger partial charge in [0.05, 0.1) is 0 Å². The standard InChI is InChI=1S/C17H28N2/c1-4-12-19(3)14-17(2,13-18-16-10-11-16)15-8-6-5-7-9-15/h5-9,16,18H,4,10-14H2,1-3H3. The molecule has 1 aliphatic rings. The van der Waals surface area contributed by atoms with Gasteiger partial charge in [0.2, 0.25) is 0 Å². The minimum absolute atomic E-state index is 0.202. The maximum absolute atomic E-state index is 3.72. The van der Waals surface area contributed by atoms with E-state index in [1.165, 1.54) is 31.4 Å². The van der Waals surface area contributed by atoms with Crippen LogP contribution in [0.5, 0.6) is 0 Å². The van der Waals surface area contributed by atoms with Gasteiger partial charge in [0.15, 0.2) is 0 Å². The summed E-state index contributed by atoms with van der Waals surface area (Å²) >= 11 is 0. The Kier molecular flexibility index (Phi) is 5.00. The van der Waals surface area contributed by atoms with Gasteiger partial charge in [0.1, 0.15) is 0 Å². The zero-order valence-corrected chi connectivity index (χ0v) is 12.7. The summed E-state index contributed by atoms with van der Waals surface area (Å²) in [4.78, 5) is 2.46. The van der Waals surface area contributed by atoms with Gasteiger partial charge in [-0.15, -0.1) is 0 Å². The lowest BCUT2D eigenvalue weighted by Crippen LogP contribution is -2.45. The fraction of sp³-hybridized carbons (Fsp3) is 0.647. The lowest BCUT2D eigenvalue weighted by molar-refractivity contribution is 0.249. The fourth-order valence-electron chi connectivity index (χ4n) is 2.80. The van der Waals surface area contributed by atoms with Crippen LogP contribution < -0.4 is 5.32 Å². The van der Waals surface area contributed by atoms with Gasteiger partial charge in [-0.25, -0.2) is 0 Å². The predicted molar refractivity (Wildman–Crippen MR) is 82.6 cm³/mol. The lowest BCUT2D eigenvalue weighted by Gasteiger charge is -2.35. The topological polar surface area (TPSA) is 15.3 Å². The monoisotopic (exact) mass is 260 g/mol. The quantitative estimate of drug-likeness (QED) is 0.773. The van der Waals surface area contributed by atoms with Crippen molar-refractivity contribution < 1.29 is 0 Å². The van der Waals surface area contributed by atoms with Gasteiger partial charge >= 0.3 is 0 Å². The molecular weight excluding hydrogens is 232 g/mol. The molecule has 0 amide bonds. The van der Waals surface area contributed by atoms with Crippen molar-refractivity contribution in [2.75, 3.05) is 26.7 Å². The van der Waals surface area contributed by atoms with Crippen LogP contribution >= 0.6 is 0 Å². The van der Waals surface area contributed by atoms with Crippen molar-refractivity contribution in [3.8, 4) is 0 Å². The first-order valence-corrected chi connectivity index (χ1v) is 7.61. The minimum Gasteiger partial charge on any atom is -0.313 e. The van der Waals surface area contributed by atoms with E-state index in [0.717, 1.165) is 19.1 Å². The highest BCUT2D eigenvalue weighted by atomic mass is 15.1. The van der Waals surface area contributed by atoms with Crippen LogP contribution in [0.25, 0.3) is 0 Å². The van der Waals surface area contributed by atoms with Crippen LogP contribution in [0.15, 0.2) is 30.3 Å². The summed E-state index contributed by atoms with van der Waals surface area (Å²) in [6.07, 6.45) is 3.93. The van der Waals surface area contributed by atoms with Gasteiger partial charge in [0.25, 0.3) is 0 Å². The Balaban J connectivity index is 2.06. The zero-order chi connectivity index (χ0) is 13.7. The van der Waals surface area contributed by atoms with E-state index in [0.29, 0.717) is 0 Å². The van der Waals surface area contributed by atoms with Crippen LogP contribution in [0.2, 0.25) is 0 Å². The van der Waals surface area contributed by atoms with E-state index in [1.807, 2.05) is 0 Å². The first-order chi connectivity index (χ1) is 9.14. The Bertz CT molecular complexity index is 372. The second-order valence-electron chi connectivity index (χ2n) is 6.32. The highest BCUT2D eigenvalue weighted by Gasteiger charge is 2.31. The Morgan fingerprint density at radius 2 is 1.95 bits per heavy atom. The van der Waals surface area contributed by atoms with Crippen molar-refractivity contribution in [2.24, 2.45) is 0 Å². The first kappa shape index (κ1) is 14.5. The second-order valence-corrected chi connectivity index (χ2v) is 6.32. The Labute approximate surface area is 118 Å². The smallest absolute Gasteiger partial charge is 0.0177 e. The maximum atomic E-state index is 3.72. The molecule has 106 valence electrons. The van der Waals surface area contributed by atoms with E-state index in [4.69, 9.17) is 0 Å². The third-order valence-corrected chi connectivity index (χ3v) is 4.05. The van der Waals surface area contributed by atoms with E-state index in [-0.39, 0.29) is 5.41 Å². The largest absolute Gasteiger partial charge is 0.313 e. The van der Waals surface area contributed by atoms with E-state index in [9.17, 15) is 0 Å². The number of likely N-dealkylation sites (N-methyl/N-ethyl adjacent to an activating group) is 1. The molecule has 0 heterocycles. The summed E-state index contributed by atoms with van der Waals surface area (Å²) in [6, 6.07) is 11.7. The molecule has 0 spiro atoms. The summed E-state index contributed by atoms with van der Waals surface area (Å²) in [5.74, 6) is 0. The van der Waals surface area contributed by atoms with Gasteiger partial charge in [0, 0.05) is 24.5 Å². The number of rotatable bonds is 8. The molecule has 1 unspecified atom stereocenters. The molecule has 0 saturated heterocycles. The van der Waals surface area contributed by atoms with Gasteiger partial charge in [-0.1, -0.05) is 44.2 Å². The van der Waals surface area contributed by atoms with Crippen molar-refractivity contribution in [3.05, 3.63) is 35.9 Å². The third-order valence-electron chi connectivity index (χ3n) is 4.05. The van der Waals surface area contributed by atoms with Gasteiger partial charge in [-0.2, -0.15) is 0 Å². The fourth-order valence-corrected chi connectivity index (χ4v) is 2.80. The summed E-state index contributed by atoms with van der Waals surface area (Å²) in [5, 5.41) is 3.72. The number of benzene rings is 1. The van der Waals surface area contributed by atoms with Crippen LogP contribution in [-0.2, 0) is 5.41 Å². The zero-order valence-electron chi connectivity index (χ0n) is 12.7. The van der Waals surface area contributed by atoms with E-state index in [2.05, 4.69) is 61.4 Å². The summed E-state index contributed by atoms with van der Waals surface area (Å²) < 4.78 is 0. The van der Waals surface area contributed by atoms with Crippen LogP contribution in [0.3, 0.4) is 0 Å². The molecule has 1 aliphatic carbocycles. The van der Waals surface area contributed by atoms with Gasteiger partial charge < -0.3 is 10.2 Å². The molecule has 1 aromatic rings. The molecule has 0 aromatic heterocycles. The number of nitrogens with one attached hydrogen (secondary N) is 1. The van der Waals surface area contributed by atoms with Crippen molar-refractivity contribution in [3.63, 3.8) is 0 Å². The molecule has 0 bridgehead atoms. The van der Waals surface area contributed by atoms with Crippen LogP contribution in [0, 0.1) is 0 Å². The average Bonchev–Trinajstić information content (AvgIpc) is 3.22. The SMILES string of the molecule is CCCN(C)CC(C)(CNC1CC1)c1ccccc1. The first-order valence-electron chi connectivity index (χ1n) is 7.61. The molecule has 0 radical (unpaired) electrons. The highest BCUT2D eigenvalue weighted by molar-refractivity contribution is 5.25. The molecule has 1 aromatic carbocycles. The summed E-state index contributed by atoms with van der Waals surface area (Å²) in [5.41, 5.74) is 1.65. The Morgan fingerprint density at radius 1 is 1.26 bits per heavy atom. The molecule has 1 fully saturated rings. The van der Waals surface area contributed by atoms with E-state index < -0.39 is 0 Å². The van der Waals surface area contributed by atoms with Crippen LogP contribution in [0.1, 0.15) is 38.7 Å². The van der Waals surface area contributed by atoms with Crippen molar-refractivity contribution in [1.29, 1.82) is 0 Å². The molecule has 2 nitrogen and oxygen atoms in total.